The van der Waals surface area contributed by atoms with E-state index >= 15 is 0 Å². The van der Waals surface area contributed by atoms with Gasteiger partial charge in [-0.25, -0.2) is 0 Å². The van der Waals surface area contributed by atoms with Crippen LogP contribution in [-0.4, -0.2) is 5.38 Å². The Morgan fingerprint density at radius 1 is 1.21 bits per heavy atom. The van der Waals surface area contributed by atoms with Crippen LogP contribution in [0, 0.1) is 0 Å². The average Bonchev–Trinajstić information content (AvgIpc) is 2.01. The first kappa shape index (κ1) is 12.2. The fraction of sp³-hybridized carbons (Fsp3) is 0.455. The Hall–Kier alpha value is 0.0900. The quantitative estimate of drug-likeness (QED) is 0.655. The van der Waals surface area contributed by atoms with E-state index in [4.69, 9.17) is 34.8 Å². The highest BCUT2D eigenvalue weighted by Gasteiger charge is 2.12. The summed E-state index contributed by atoms with van der Waals surface area (Å²) in [5.41, 5.74) is 1.11. The molecule has 0 fully saturated rings. The molecule has 1 rings (SSSR count). The second-order valence-corrected chi connectivity index (χ2v) is 5.17. The third-order valence-corrected chi connectivity index (χ3v) is 2.91. The SMILES string of the molecule is CC(Cl)CC(C)c1ccc(Cl)cc1Cl. The van der Waals surface area contributed by atoms with Crippen molar-refractivity contribution in [3.8, 4) is 0 Å². The van der Waals surface area contributed by atoms with E-state index in [9.17, 15) is 0 Å². The van der Waals surface area contributed by atoms with E-state index in [1.807, 2.05) is 19.1 Å². The Kier molecular flexibility index (Phi) is 4.56. The van der Waals surface area contributed by atoms with Gasteiger partial charge in [0.05, 0.1) is 0 Å². The van der Waals surface area contributed by atoms with Crippen molar-refractivity contribution in [1.29, 1.82) is 0 Å². The molecule has 0 saturated carbocycles. The summed E-state index contributed by atoms with van der Waals surface area (Å²) in [6, 6.07) is 5.60. The fourth-order valence-corrected chi connectivity index (χ4v) is 2.38. The van der Waals surface area contributed by atoms with Gasteiger partial charge in [0.15, 0.2) is 0 Å². The van der Waals surface area contributed by atoms with Gasteiger partial charge in [0.1, 0.15) is 0 Å². The summed E-state index contributed by atoms with van der Waals surface area (Å²) in [6.45, 7) is 4.11. The summed E-state index contributed by atoms with van der Waals surface area (Å²) < 4.78 is 0. The lowest BCUT2D eigenvalue weighted by molar-refractivity contribution is 0.671. The molecule has 2 unspecified atom stereocenters. The van der Waals surface area contributed by atoms with Crippen LogP contribution in [0.15, 0.2) is 18.2 Å². The van der Waals surface area contributed by atoms with E-state index in [0.717, 1.165) is 17.0 Å². The molecule has 2 atom stereocenters. The molecule has 0 amide bonds. The maximum atomic E-state index is 6.08. The molecule has 0 nitrogen and oxygen atoms in total. The van der Waals surface area contributed by atoms with Crippen LogP contribution in [0.3, 0.4) is 0 Å². The molecular formula is C11H13Cl3. The first-order valence-electron chi connectivity index (χ1n) is 4.59. The Morgan fingerprint density at radius 2 is 1.86 bits per heavy atom. The van der Waals surface area contributed by atoms with Gasteiger partial charge in [0.2, 0.25) is 0 Å². The van der Waals surface area contributed by atoms with Crippen LogP contribution in [0.5, 0.6) is 0 Å². The molecule has 0 aliphatic carbocycles. The molecule has 0 aliphatic heterocycles. The van der Waals surface area contributed by atoms with E-state index < -0.39 is 0 Å². The highest BCUT2D eigenvalue weighted by molar-refractivity contribution is 6.35. The number of hydrogen-bond donors (Lipinski definition) is 0. The lowest BCUT2D eigenvalue weighted by atomic mass is 9.96. The van der Waals surface area contributed by atoms with Crippen LogP contribution in [0.1, 0.15) is 31.7 Å². The van der Waals surface area contributed by atoms with E-state index in [2.05, 4.69) is 6.92 Å². The van der Waals surface area contributed by atoms with Gasteiger partial charge in [-0.1, -0.05) is 36.2 Å². The van der Waals surface area contributed by atoms with Gasteiger partial charge in [-0.05, 0) is 37.0 Å². The van der Waals surface area contributed by atoms with Gasteiger partial charge in [-0.15, -0.1) is 11.6 Å². The highest BCUT2D eigenvalue weighted by atomic mass is 35.5. The van der Waals surface area contributed by atoms with Crippen LogP contribution in [0.4, 0.5) is 0 Å². The van der Waals surface area contributed by atoms with E-state index in [1.165, 1.54) is 0 Å². The van der Waals surface area contributed by atoms with Gasteiger partial charge >= 0.3 is 0 Å². The van der Waals surface area contributed by atoms with Crippen LogP contribution < -0.4 is 0 Å². The van der Waals surface area contributed by atoms with Crippen LogP contribution in [0.2, 0.25) is 10.0 Å². The first-order valence-corrected chi connectivity index (χ1v) is 5.79. The molecule has 0 radical (unpaired) electrons. The zero-order chi connectivity index (χ0) is 10.7. The van der Waals surface area contributed by atoms with Gasteiger partial charge < -0.3 is 0 Å². The van der Waals surface area contributed by atoms with Crippen molar-refractivity contribution in [1.82, 2.24) is 0 Å². The predicted octanol–water partition coefficient (Wildman–Crippen LogP) is 5.11. The molecule has 0 bridgehead atoms. The highest BCUT2D eigenvalue weighted by Crippen LogP contribution is 2.30. The number of hydrogen-bond acceptors (Lipinski definition) is 0. The number of rotatable bonds is 3. The third kappa shape index (κ3) is 3.34. The Morgan fingerprint density at radius 3 is 2.36 bits per heavy atom. The number of alkyl halides is 1. The first-order chi connectivity index (χ1) is 6.50. The molecule has 0 heterocycles. The Balaban J connectivity index is 2.84. The second kappa shape index (κ2) is 5.25. The maximum Gasteiger partial charge on any atom is 0.0455 e. The molecule has 0 N–H and O–H groups in total. The molecular weight excluding hydrogens is 238 g/mol. The summed E-state index contributed by atoms with van der Waals surface area (Å²) in [6.07, 6.45) is 0.920. The van der Waals surface area contributed by atoms with Gasteiger partial charge in [-0.3, -0.25) is 0 Å². The van der Waals surface area contributed by atoms with Crippen molar-refractivity contribution < 1.29 is 0 Å². The summed E-state index contributed by atoms with van der Waals surface area (Å²) in [5.74, 6) is 0.368. The Bertz CT molecular complexity index is 307. The lowest BCUT2D eigenvalue weighted by Gasteiger charge is -2.14. The Labute approximate surface area is 100 Å². The standard InChI is InChI=1S/C11H13Cl3/c1-7(5-8(2)12)10-4-3-9(13)6-11(10)14/h3-4,6-8H,5H2,1-2H3. The monoisotopic (exact) mass is 250 g/mol. The van der Waals surface area contributed by atoms with Gasteiger partial charge in [0.25, 0.3) is 0 Å². The van der Waals surface area contributed by atoms with Crippen molar-refractivity contribution in [3.05, 3.63) is 33.8 Å². The van der Waals surface area contributed by atoms with Crippen LogP contribution in [0.25, 0.3) is 0 Å². The minimum absolute atomic E-state index is 0.164. The number of benzene rings is 1. The minimum atomic E-state index is 0.164. The maximum absolute atomic E-state index is 6.08. The average molecular weight is 252 g/mol. The molecule has 3 heteroatoms. The molecule has 14 heavy (non-hydrogen) atoms. The van der Waals surface area contributed by atoms with Gasteiger partial charge in [-0.2, -0.15) is 0 Å². The smallest absolute Gasteiger partial charge is 0.0455 e. The fourth-order valence-electron chi connectivity index (χ4n) is 1.52. The molecule has 0 saturated heterocycles. The lowest BCUT2D eigenvalue weighted by Crippen LogP contribution is -2.01. The minimum Gasteiger partial charge on any atom is -0.123 e. The van der Waals surface area contributed by atoms with E-state index in [0.29, 0.717) is 10.9 Å². The van der Waals surface area contributed by atoms with Crippen molar-refractivity contribution in [2.24, 2.45) is 0 Å². The van der Waals surface area contributed by atoms with Crippen LogP contribution >= 0.6 is 34.8 Å². The molecule has 1 aromatic rings. The van der Waals surface area contributed by atoms with Crippen molar-refractivity contribution in [3.63, 3.8) is 0 Å². The largest absolute Gasteiger partial charge is 0.123 e. The summed E-state index contributed by atoms with van der Waals surface area (Å²) in [4.78, 5) is 0. The normalized spacial score (nSPS) is 15.2. The van der Waals surface area contributed by atoms with Crippen molar-refractivity contribution in [2.45, 2.75) is 31.6 Å². The molecule has 0 aromatic heterocycles. The number of halogens is 3. The molecule has 78 valence electrons. The summed E-state index contributed by atoms with van der Waals surface area (Å²) in [7, 11) is 0. The van der Waals surface area contributed by atoms with E-state index in [1.54, 1.807) is 6.07 Å². The molecule has 0 aliphatic rings. The van der Waals surface area contributed by atoms with Crippen molar-refractivity contribution in [2.75, 3.05) is 0 Å². The van der Waals surface area contributed by atoms with Crippen LogP contribution in [-0.2, 0) is 0 Å². The van der Waals surface area contributed by atoms with Crippen molar-refractivity contribution >= 4 is 34.8 Å². The topological polar surface area (TPSA) is 0 Å². The summed E-state index contributed by atoms with van der Waals surface area (Å²) in [5, 5.41) is 1.56. The van der Waals surface area contributed by atoms with E-state index in [-0.39, 0.29) is 5.38 Å². The zero-order valence-electron chi connectivity index (χ0n) is 8.23. The summed E-state index contributed by atoms with van der Waals surface area (Å²) >= 11 is 17.8. The van der Waals surface area contributed by atoms with Gasteiger partial charge in [0, 0.05) is 15.4 Å². The third-order valence-electron chi connectivity index (χ3n) is 2.17. The predicted molar refractivity (Wildman–Crippen MR) is 64.8 cm³/mol. The second-order valence-electron chi connectivity index (χ2n) is 3.58. The molecule has 0 spiro atoms. The molecule has 1 aromatic carbocycles. The zero-order valence-corrected chi connectivity index (χ0v) is 10.5.